The Morgan fingerprint density at radius 2 is 2.11 bits per heavy atom. The maximum absolute atomic E-state index is 11.9. The Hall–Kier alpha value is -1.67. The number of nitrogens with zero attached hydrogens (tertiary/aromatic N) is 1. The van der Waals surface area contributed by atoms with E-state index in [0.717, 1.165) is 10.6 Å². The van der Waals surface area contributed by atoms with E-state index in [1.54, 1.807) is 7.11 Å². The molecule has 1 aromatic rings. The molecule has 102 valence electrons. The summed E-state index contributed by atoms with van der Waals surface area (Å²) < 4.78 is 5.08. The van der Waals surface area contributed by atoms with Gasteiger partial charge in [-0.2, -0.15) is 5.26 Å². The molecule has 0 aliphatic heterocycles. The van der Waals surface area contributed by atoms with Crippen molar-refractivity contribution in [2.24, 2.45) is 0 Å². The molecule has 1 rings (SSSR count). The van der Waals surface area contributed by atoms with E-state index in [1.165, 1.54) is 11.8 Å². The van der Waals surface area contributed by atoms with Gasteiger partial charge in [0.15, 0.2) is 0 Å². The van der Waals surface area contributed by atoms with Crippen molar-refractivity contribution < 1.29 is 9.53 Å². The van der Waals surface area contributed by atoms with Gasteiger partial charge in [0, 0.05) is 4.90 Å². The molecule has 2 atom stereocenters. The standard InChI is InChI=1S/C14H18N2O2S/c1-4-11(9-15)16-14(17)10(2)19-13-7-5-12(18-3)6-8-13/h5-8,10-11H,4H2,1-3H3,(H,16,17). The number of nitrogens with one attached hydrogen (secondary N) is 1. The van der Waals surface area contributed by atoms with Crippen LogP contribution in [0, 0.1) is 11.3 Å². The normalized spacial score (nSPS) is 13.2. The monoisotopic (exact) mass is 278 g/mol. The van der Waals surface area contributed by atoms with Crippen LogP contribution in [-0.2, 0) is 4.79 Å². The molecule has 0 aromatic heterocycles. The van der Waals surface area contributed by atoms with Crippen LogP contribution in [0.1, 0.15) is 20.3 Å². The fourth-order valence-electron chi connectivity index (χ4n) is 1.43. The second kappa shape index (κ2) is 7.70. The van der Waals surface area contributed by atoms with Crippen LogP contribution in [0.5, 0.6) is 5.75 Å². The topological polar surface area (TPSA) is 62.1 Å². The average molecular weight is 278 g/mol. The van der Waals surface area contributed by atoms with Crippen LogP contribution >= 0.6 is 11.8 Å². The Morgan fingerprint density at radius 1 is 1.47 bits per heavy atom. The van der Waals surface area contributed by atoms with E-state index in [9.17, 15) is 4.79 Å². The third-order valence-corrected chi connectivity index (χ3v) is 3.73. The van der Waals surface area contributed by atoms with Gasteiger partial charge in [-0.05, 0) is 37.6 Å². The molecular weight excluding hydrogens is 260 g/mol. The first-order valence-corrected chi connectivity index (χ1v) is 6.99. The first-order chi connectivity index (χ1) is 9.10. The predicted octanol–water partition coefficient (Wildman–Crippen LogP) is 2.59. The summed E-state index contributed by atoms with van der Waals surface area (Å²) in [7, 11) is 1.62. The summed E-state index contributed by atoms with van der Waals surface area (Å²) in [5, 5.41) is 11.3. The molecule has 4 nitrogen and oxygen atoms in total. The second-order valence-corrected chi connectivity index (χ2v) is 5.45. The number of ether oxygens (including phenoxy) is 1. The third kappa shape index (κ3) is 4.84. The molecule has 19 heavy (non-hydrogen) atoms. The van der Waals surface area contributed by atoms with E-state index in [1.807, 2.05) is 38.1 Å². The van der Waals surface area contributed by atoms with E-state index >= 15 is 0 Å². The van der Waals surface area contributed by atoms with E-state index in [-0.39, 0.29) is 11.2 Å². The van der Waals surface area contributed by atoms with Crippen molar-refractivity contribution in [2.75, 3.05) is 7.11 Å². The van der Waals surface area contributed by atoms with Gasteiger partial charge in [-0.25, -0.2) is 0 Å². The summed E-state index contributed by atoms with van der Waals surface area (Å²) in [6, 6.07) is 9.19. The Balaban J connectivity index is 2.56. The van der Waals surface area contributed by atoms with Crippen molar-refractivity contribution in [2.45, 2.75) is 36.5 Å². The fourth-order valence-corrected chi connectivity index (χ4v) is 2.30. The van der Waals surface area contributed by atoms with E-state index < -0.39 is 6.04 Å². The SMILES string of the molecule is CCC(C#N)NC(=O)C(C)Sc1ccc(OC)cc1. The molecule has 0 aliphatic carbocycles. The molecule has 2 unspecified atom stereocenters. The van der Waals surface area contributed by atoms with Crippen molar-refractivity contribution in [1.29, 1.82) is 5.26 Å². The van der Waals surface area contributed by atoms with Crippen LogP contribution in [0.3, 0.4) is 0 Å². The molecular formula is C14H18N2O2S. The number of hydrogen-bond acceptors (Lipinski definition) is 4. The van der Waals surface area contributed by atoms with Gasteiger partial charge in [0.2, 0.25) is 5.91 Å². The van der Waals surface area contributed by atoms with Crippen molar-refractivity contribution in [1.82, 2.24) is 5.32 Å². The van der Waals surface area contributed by atoms with Gasteiger partial charge >= 0.3 is 0 Å². The molecule has 0 saturated heterocycles. The number of thioether (sulfide) groups is 1. The van der Waals surface area contributed by atoms with Crippen molar-refractivity contribution >= 4 is 17.7 Å². The quantitative estimate of drug-likeness (QED) is 0.812. The summed E-state index contributed by atoms with van der Waals surface area (Å²) in [6.45, 7) is 3.70. The number of carbonyl (C=O) groups excluding carboxylic acids is 1. The number of nitriles is 1. The van der Waals surface area contributed by atoms with Crippen LogP contribution in [0.2, 0.25) is 0 Å². The highest BCUT2D eigenvalue weighted by atomic mass is 32.2. The lowest BCUT2D eigenvalue weighted by Crippen LogP contribution is -2.38. The zero-order valence-corrected chi connectivity index (χ0v) is 12.2. The van der Waals surface area contributed by atoms with Gasteiger partial charge in [0.1, 0.15) is 11.8 Å². The molecule has 0 radical (unpaired) electrons. The van der Waals surface area contributed by atoms with E-state index in [2.05, 4.69) is 11.4 Å². The van der Waals surface area contributed by atoms with E-state index in [4.69, 9.17) is 10.00 Å². The lowest BCUT2D eigenvalue weighted by Gasteiger charge is -2.14. The fraction of sp³-hybridized carbons (Fsp3) is 0.429. The molecule has 5 heteroatoms. The number of rotatable bonds is 6. The number of hydrogen-bond donors (Lipinski definition) is 1. The predicted molar refractivity (Wildman–Crippen MR) is 76.1 cm³/mol. The molecule has 1 amide bonds. The van der Waals surface area contributed by atoms with Crippen LogP contribution in [-0.4, -0.2) is 24.3 Å². The van der Waals surface area contributed by atoms with Crippen LogP contribution < -0.4 is 10.1 Å². The third-order valence-electron chi connectivity index (χ3n) is 2.62. The highest BCUT2D eigenvalue weighted by Gasteiger charge is 2.17. The number of methoxy groups -OCH3 is 1. The van der Waals surface area contributed by atoms with Crippen LogP contribution in [0.15, 0.2) is 29.2 Å². The molecule has 1 N–H and O–H groups in total. The molecule has 1 aromatic carbocycles. The summed E-state index contributed by atoms with van der Waals surface area (Å²) in [5.41, 5.74) is 0. The Kier molecular flexibility index (Phi) is 6.23. The molecule has 0 spiro atoms. The van der Waals surface area contributed by atoms with E-state index in [0.29, 0.717) is 6.42 Å². The van der Waals surface area contributed by atoms with Gasteiger partial charge in [-0.3, -0.25) is 4.79 Å². The molecule has 0 saturated carbocycles. The minimum absolute atomic E-state index is 0.116. The zero-order valence-electron chi connectivity index (χ0n) is 11.3. The van der Waals surface area contributed by atoms with Gasteiger partial charge in [0.05, 0.1) is 18.4 Å². The summed E-state index contributed by atoms with van der Waals surface area (Å²) in [4.78, 5) is 12.9. The largest absolute Gasteiger partial charge is 0.497 e. The minimum atomic E-state index is -0.411. The molecule has 0 bridgehead atoms. The van der Waals surface area contributed by atoms with Crippen molar-refractivity contribution in [3.8, 4) is 11.8 Å². The maximum atomic E-state index is 11.9. The second-order valence-electron chi connectivity index (χ2n) is 4.03. The van der Waals surface area contributed by atoms with Crippen molar-refractivity contribution in [3.05, 3.63) is 24.3 Å². The lowest BCUT2D eigenvalue weighted by molar-refractivity contribution is -0.120. The van der Waals surface area contributed by atoms with Gasteiger partial charge in [-0.15, -0.1) is 11.8 Å². The average Bonchev–Trinajstić information content (AvgIpc) is 2.45. The molecule has 0 heterocycles. The maximum Gasteiger partial charge on any atom is 0.234 e. The highest BCUT2D eigenvalue weighted by Crippen LogP contribution is 2.25. The molecule has 0 aliphatic rings. The van der Waals surface area contributed by atoms with Crippen LogP contribution in [0.25, 0.3) is 0 Å². The highest BCUT2D eigenvalue weighted by molar-refractivity contribution is 8.00. The number of amides is 1. The van der Waals surface area contributed by atoms with Crippen LogP contribution in [0.4, 0.5) is 0 Å². The summed E-state index contributed by atoms with van der Waals surface area (Å²) >= 11 is 1.46. The Bertz CT molecular complexity index is 454. The smallest absolute Gasteiger partial charge is 0.234 e. The number of carbonyl (C=O) groups is 1. The van der Waals surface area contributed by atoms with Gasteiger partial charge < -0.3 is 10.1 Å². The summed E-state index contributed by atoms with van der Waals surface area (Å²) in [5.74, 6) is 0.672. The first-order valence-electron chi connectivity index (χ1n) is 6.11. The lowest BCUT2D eigenvalue weighted by atomic mass is 10.2. The Labute approximate surface area is 118 Å². The summed E-state index contributed by atoms with van der Waals surface area (Å²) in [6.07, 6.45) is 0.613. The zero-order chi connectivity index (χ0) is 14.3. The van der Waals surface area contributed by atoms with Gasteiger partial charge in [-0.1, -0.05) is 6.92 Å². The minimum Gasteiger partial charge on any atom is -0.497 e. The molecule has 0 fully saturated rings. The van der Waals surface area contributed by atoms with Gasteiger partial charge in [0.25, 0.3) is 0 Å². The number of benzene rings is 1. The van der Waals surface area contributed by atoms with Crippen molar-refractivity contribution in [3.63, 3.8) is 0 Å². The first kappa shape index (κ1) is 15.4. The Morgan fingerprint density at radius 3 is 2.58 bits per heavy atom.